The molecule has 4 nitrogen and oxygen atoms in total. The normalized spacial score (nSPS) is 14.5. The molecule has 0 amide bonds. The van der Waals surface area contributed by atoms with Crippen molar-refractivity contribution in [1.82, 2.24) is 15.1 Å². The first kappa shape index (κ1) is 17.5. The fourth-order valence-corrected chi connectivity index (χ4v) is 2.58. The van der Waals surface area contributed by atoms with Crippen LogP contribution >= 0.6 is 11.6 Å². The van der Waals surface area contributed by atoms with E-state index < -0.39 is 0 Å². The third-order valence-electron chi connectivity index (χ3n) is 3.73. The Morgan fingerprint density at radius 3 is 2.60 bits per heavy atom. The summed E-state index contributed by atoms with van der Waals surface area (Å²) in [7, 11) is 3.65. The Bertz CT molecular complexity index is 406. The Labute approximate surface area is 127 Å². The molecule has 0 fully saturated rings. The number of methoxy groups -OCH3 is 1. The van der Waals surface area contributed by atoms with E-state index in [4.69, 9.17) is 16.3 Å². The molecule has 0 aliphatic carbocycles. The average molecular weight is 302 g/mol. The zero-order valence-electron chi connectivity index (χ0n) is 13.4. The van der Waals surface area contributed by atoms with E-state index in [1.807, 2.05) is 14.0 Å². The largest absolute Gasteiger partial charge is 0.382 e. The van der Waals surface area contributed by atoms with Crippen molar-refractivity contribution in [3.8, 4) is 0 Å². The Balaban J connectivity index is 2.67. The summed E-state index contributed by atoms with van der Waals surface area (Å²) in [5, 5.41) is 8.75. The van der Waals surface area contributed by atoms with E-state index in [2.05, 4.69) is 24.3 Å². The van der Waals surface area contributed by atoms with E-state index in [1.54, 1.807) is 11.8 Å². The number of hydrogen-bond donors (Lipinski definition) is 1. The van der Waals surface area contributed by atoms with Gasteiger partial charge in [0.15, 0.2) is 0 Å². The van der Waals surface area contributed by atoms with Crippen LogP contribution in [0.15, 0.2) is 0 Å². The highest BCUT2D eigenvalue weighted by atomic mass is 35.5. The number of rotatable bonds is 9. The average Bonchev–Trinajstić information content (AvgIpc) is 2.67. The molecule has 0 spiro atoms. The topological polar surface area (TPSA) is 39.1 Å². The molecule has 1 aromatic heterocycles. The van der Waals surface area contributed by atoms with Crippen LogP contribution in [0.5, 0.6) is 0 Å². The minimum absolute atomic E-state index is 0.298. The number of hydrogen-bond acceptors (Lipinski definition) is 3. The fraction of sp³-hybridized carbons (Fsp3) is 0.800. The molecule has 5 heteroatoms. The molecule has 0 aromatic carbocycles. The number of halogens is 1. The Morgan fingerprint density at radius 1 is 1.40 bits per heavy atom. The first-order valence-electron chi connectivity index (χ1n) is 7.43. The third kappa shape index (κ3) is 5.08. The molecule has 0 saturated carbocycles. The molecule has 0 bridgehead atoms. The predicted molar refractivity (Wildman–Crippen MR) is 84.4 cm³/mol. The molecule has 1 heterocycles. The lowest BCUT2D eigenvalue weighted by Crippen LogP contribution is -2.33. The van der Waals surface area contributed by atoms with Gasteiger partial charge in [-0.3, -0.25) is 4.68 Å². The van der Waals surface area contributed by atoms with E-state index in [-0.39, 0.29) is 0 Å². The second-order valence-corrected chi connectivity index (χ2v) is 5.82. The standard InChI is InChI=1S/C15H28ClN3O/c1-6-9-17-13(8-7-11(2)20-5)10-14-12(3)18-19(4)15(14)16/h11,13,17H,6-10H2,1-5H3. The van der Waals surface area contributed by atoms with Crippen molar-refractivity contribution in [2.24, 2.45) is 7.05 Å². The minimum atomic E-state index is 0.298. The van der Waals surface area contributed by atoms with E-state index >= 15 is 0 Å². The summed E-state index contributed by atoms with van der Waals surface area (Å²) >= 11 is 6.33. The smallest absolute Gasteiger partial charge is 0.130 e. The van der Waals surface area contributed by atoms with Crippen LogP contribution in [-0.2, 0) is 18.2 Å². The van der Waals surface area contributed by atoms with Crippen LogP contribution in [0, 0.1) is 6.92 Å². The number of aryl methyl sites for hydroxylation is 2. The zero-order valence-corrected chi connectivity index (χ0v) is 14.1. The van der Waals surface area contributed by atoms with Gasteiger partial charge in [-0.2, -0.15) is 5.10 Å². The number of ether oxygens (including phenoxy) is 1. The first-order chi connectivity index (χ1) is 9.49. The van der Waals surface area contributed by atoms with Gasteiger partial charge in [-0.25, -0.2) is 0 Å². The summed E-state index contributed by atoms with van der Waals surface area (Å²) in [6.07, 6.45) is 4.49. The molecule has 116 valence electrons. The zero-order chi connectivity index (χ0) is 15.1. The number of nitrogens with zero attached hydrogens (tertiary/aromatic N) is 2. The van der Waals surface area contributed by atoms with E-state index in [0.29, 0.717) is 12.1 Å². The molecule has 20 heavy (non-hydrogen) atoms. The van der Waals surface area contributed by atoms with Crippen molar-refractivity contribution in [1.29, 1.82) is 0 Å². The molecule has 1 aromatic rings. The van der Waals surface area contributed by atoms with Crippen LogP contribution in [-0.4, -0.2) is 35.6 Å². The molecule has 1 N–H and O–H groups in total. The monoisotopic (exact) mass is 301 g/mol. The van der Waals surface area contributed by atoms with Gasteiger partial charge in [-0.1, -0.05) is 18.5 Å². The van der Waals surface area contributed by atoms with Crippen LogP contribution in [0.3, 0.4) is 0 Å². The van der Waals surface area contributed by atoms with Gasteiger partial charge in [0.2, 0.25) is 0 Å². The number of aromatic nitrogens is 2. The second kappa shape index (κ2) is 8.65. The molecule has 0 radical (unpaired) electrons. The molecular formula is C15H28ClN3O. The quantitative estimate of drug-likeness (QED) is 0.762. The van der Waals surface area contributed by atoms with Crippen molar-refractivity contribution in [3.63, 3.8) is 0 Å². The van der Waals surface area contributed by atoms with Crippen molar-refractivity contribution < 1.29 is 4.74 Å². The lowest BCUT2D eigenvalue weighted by molar-refractivity contribution is 0.106. The van der Waals surface area contributed by atoms with E-state index in [1.165, 1.54) is 0 Å². The van der Waals surface area contributed by atoms with Gasteiger partial charge in [0.05, 0.1) is 11.8 Å². The summed E-state index contributed by atoms with van der Waals surface area (Å²) < 4.78 is 7.09. The van der Waals surface area contributed by atoms with Crippen LogP contribution in [0.25, 0.3) is 0 Å². The molecule has 0 saturated heterocycles. The van der Waals surface area contributed by atoms with Crippen molar-refractivity contribution >= 4 is 11.6 Å². The van der Waals surface area contributed by atoms with Gasteiger partial charge >= 0.3 is 0 Å². The van der Waals surface area contributed by atoms with Gasteiger partial charge in [0.25, 0.3) is 0 Å². The van der Waals surface area contributed by atoms with Gasteiger partial charge in [0.1, 0.15) is 5.15 Å². The minimum Gasteiger partial charge on any atom is -0.382 e. The Hall–Kier alpha value is -0.580. The van der Waals surface area contributed by atoms with Crippen LogP contribution in [0.1, 0.15) is 44.4 Å². The Kier molecular flexibility index (Phi) is 7.56. The molecule has 1 rings (SSSR count). The van der Waals surface area contributed by atoms with Gasteiger partial charge in [0, 0.05) is 25.8 Å². The van der Waals surface area contributed by atoms with Crippen LogP contribution < -0.4 is 5.32 Å². The van der Waals surface area contributed by atoms with Gasteiger partial charge < -0.3 is 10.1 Å². The highest BCUT2D eigenvalue weighted by Crippen LogP contribution is 2.21. The molecular weight excluding hydrogens is 274 g/mol. The van der Waals surface area contributed by atoms with Gasteiger partial charge in [-0.05, 0) is 46.1 Å². The number of nitrogens with one attached hydrogen (secondary N) is 1. The van der Waals surface area contributed by atoms with Crippen molar-refractivity contribution in [3.05, 3.63) is 16.4 Å². The lowest BCUT2D eigenvalue weighted by Gasteiger charge is -2.20. The van der Waals surface area contributed by atoms with Crippen molar-refractivity contribution in [2.75, 3.05) is 13.7 Å². The maximum absolute atomic E-state index is 6.33. The SMILES string of the molecule is CCCNC(CCC(C)OC)Cc1c(C)nn(C)c1Cl. The third-order valence-corrected chi connectivity index (χ3v) is 4.20. The van der Waals surface area contributed by atoms with Crippen LogP contribution in [0.4, 0.5) is 0 Å². The predicted octanol–water partition coefficient (Wildman–Crippen LogP) is 3.11. The molecule has 0 aliphatic heterocycles. The summed E-state index contributed by atoms with van der Waals surface area (Å²) in [6.45, 7) is 7.35. The molecule has 0 aliphatic rings. The molecule has 2 unspecified atom stereocenters. The second-order valence-electron chi connectivity index (χ2n) is 5.46. The summed E-state index contributed by atoms with van der Waals surface area (Å²) in [6, 6.07) is 0.424. The highest BCUT2D eigenvalue weighted by Gasteiger charge is 2.17. The summed E-state index contributed by atoms with van der Waals surface area (Å²) in [4.78, 5) is 0. The van der Waals surface area contributed by atoms with Crippen molar-refractivity contribution in [2.45, 2.75) is 58.6 Å². The lowest BCUT2D eigenvalue weighted by atomic mass is 10.0. The maximum Gasteiger partial charge on any atom is 0.130 e. The highest BCUT2D eigenvalue weighted by molar-refractivity contribution is 6.30. The van der Waals surface area contributed by atoms with Gasteiger partial charge in [-0.15, -0.1) is 0 Å². The van der Waals surface area contributed by atoms with Crippen LogP contribution in [0.2, 0.25) is 5.15 Å². The first-order valence-corrected chi connectivity index (χ1v) is 7.81. The summed E-state index contributed by atoms with van der Waals surface area (Å²) in [5.74, 6) is 0. The van der Waals surface area contributed by atoms with E-state index in [0.717, 1.165) is 48.6 Å². The summed E-state index contributed by atoms with van der Waals surface area (Å²) in [5.41, 5.74) is 2.19. The fourth-order valence-electron chi connectivity index (χ4n) is 2.33. The maximum atomic E-state index is 6.33. The Morgan fingerprint density at radius 2 is 2.10 bits per heavy atom. The molecule has 2 atom stereocenters. The van der Waals surface area contributed by atoms with E-state index in [9.17, 15) is 0 Å².